The highest BCUT2D eigenvalue weighted by atomic mass is 16.4. The Labute approximate surface area is 103 Å². The summed E-state index contributed by atoms with van der Waals surface area (Å²) >= 11 is 0. The van der Waals surface area contributed by atoms with Crippen LogP contribution in [0.5, 0.6) is 0 Å². The monoisotopic (exact) mass is 250 g/mol. The summed E-state index contributed by atoms with van der Waals surface area (Å²) in [5.74, 6) is -1.27. The van der Waals surface area contributed by atoms with Gasteiger partial charge in [-0.2, -0.15) is 0 Å². The summed E-state index contributed by atoms with van der Waals surface area (Å²) < 4.78 is 0. The summed E-state index contributed by atoms with van der Waals surface area (Å²) in [5.41, 5.74) is 11.3. The lowest BCUT2D eigenvalue weighted by atomic mass is 10.2. The van der Waals surface area contributed by atoms with E-state index in [2.05, 4.69) is 4.98 Å². The first-order chi connectivity index (χ1) is 8.50. The maximum Gasteiger partial charge on any atom is 0.354 e. The van der Waals surface area contributed by atoms with E-state index in [1.54, 1.807) is 4.90 Å². The molecule has 2 rings (SSSR count). The molecule has 0 aliphatic carbocycles. The van der Waals surface area contributed by atoms with E-state index in [9.17, 15) is 9.59 Å². The standard InChI is InChI=1S/C11H14N4O3/c12-6-3-4-7(11(17)18)14-10(6)15-5-1-2-8(15)9(13)16/h3-4,8H,1-2,5,12H2,(H2,13,16)(H,17,18). The van der Waals surface area contributed by atoms with Gasteiger partial charge in [-0.15, -0.1) is 0 Å². The molecule has 1 amide bonds. The first kappa shape index (κ1) is 12.2. The maximum absolute atomic E-state index is 11.3. The smallest absolute Gasteiger partial charge is 0.354 e. The maximum atomic E-state index is 11.3. The normalized spacial score (nSPS) is 18.9. The van der Waals surface area contributed by atoms with Gasteiger partial charge in [0.2, 0.25) is 5.91 Å². The number of primary amides is 1. The Balaban J connectivity index is 2.40. The van der Waals surface area contributed by atoms with Gasteiger partial charge in [0.15, 0.2) is 11.5 Å². The average Bonchev–Trinajstić information content (AvgIpc) is 2.78. The second kappa shape index (κ2) is 4.52. The third-order valence-corrected chi connectivity index (χ3v) is 2.98. The zero-order valence-corrected chi connectivity index (χ0v) is 9.67. The molecular weight excluding hydrogens is 236 g/mol. The molecule has 1 aromatic rings. The van der Waals surface area contributed by atoms with Crippen LogP contribution in [0, 0.1) is 0 Å². The van der Waals surface area contributed by atoms with Crippen LogP contribution >= 0.6 is 0 Å². The van der Waals surface area contributed by atoms with Gasteiger partial charge in [0.05, 0.1) is 5.69 Å². The predicted octanol–water partition coefficient (Wildman–Crippen LogP) is -0.184. The molecule has 0 aromatic carbocycles. The Morgan fingerprint density at radius 1 is 1.44 bits per heavy atom. The summed E-state index contributed by atoms with van der Waals surface area (Å²) in [5, 5.41) is 8.90. The molecule has 0 spiro atoms. The van der Waals surface area contributed by atoms with Crippen molar-refractivity contribution in [2.75, 3.05) is 17.2 Å². The quantitative estimate of drug-likeness (QED) is 0.683. The number of hydrogen-bond acceptors (Lipinski definition) is 5. The number of anilines is 2. The molecular formula is C11H14N4O3. The van der Waals surface area contributed by atoms with Crippen molar-refractivity contribution in [3.63, 3.8) is 0 Å². The summed E-state index contributed by atoms with van der Waals surface area (Å²) in [4.78, 5) is 27.8. The SMILES string of the molecule is NC(=O)C1CCCN1c1nc(C(=O)O)ccc1N. The summed E-state index contributed by atoms with van der Waals surface area (Å²) in [7, 11) is 0. The van der Waals surface area contributed by atoms with Crippen molar-refractivity contribution in [3.8, 4) is 0 Å². The second-order valence-electron chi connectivity index (χ2n) is 4.17. The van der Waals surface area contributed by atoms with E-state index in [1.807, 2.05) is 0 Å². The highest BCUT2D eigenvalue weighted by Crippen LogP contribution is 2.28. The number of carbonyl (C=O) groups is 2. The first-order valence-corrected chi connectivity index (χ1v) is 5.56. The number of carboxylic acid groups (broad SMARTS) is 1. The predicted molar refractivity (Wildman–Crippen MR) is 65.2 cm³/mol. The number of aromatic carboxylic acids is 1. The van der Waals surface area contributed by atoms with Crippen molar-refractivity contribution in [2.24, 2.45) is 5.73 Å². The van der Waals surface area contributed by atoms with E-state index >= 15 is 0 Å². The molecule has 96 valence electrons. The molecule has 1 aliphatic heterocycles. The van der Waals surface area contributed by atoms with E-state index in [0.29, 0.717) is 24.5 Å². The molecule has 1 fully saturated rings. The fourth-order valence-electron chi connectivity index (χ4n) is 2.12. The fourth-order valence-corrected chi connectivity index (χ4v) is 2.12. The minimum Gasteiger partial charge on any atom is -0.477 e. The van der Waals surface area contributed by atoms with Crippen LogP contribution in [0.15, 0.2) is 12.1 Å². The Bertz CT molecular complexity index is 503. The van der Waals surface area contributed by atoms with Crippen molar-refractivity contribution >= 4 is 23.4 Å². The number of nitrogens with two attached hydrogens (primary N) is 2. The van der Waals surface area contributed by atoms with E-state index in [4.69, 9.17) is 16.6 Å². The van der Waals surface area contributed by atoms with Crippen molar-refractivity contribution in [1.29, 1.82) is 0 Å². The van der Waals surface area contributed by atoms with Gasteiger partial charge < -0.3 is 21.5 Å². The number of carboxylic acids is 1. The Kier molecular flexibility index (Phi) is 3.05. The number of amides is 1. The van der Waals surface area contributed by atoms with Crippen LogP contribution in [-0.4, -0.2) is 34.6 Å². The van der Waals surface area contributed by atoms with Gasteiger partial charge in [0.1, 0.15) is 6.04 Å². The zero-order chi connectivity index (χ0) is 13.3. The third-order valence-electron chi connectivity index (χ3n) is 2.98. The molecule has 7 heteroatoms. The van der Waals surface area contributed by atoms with E-state index in [1.165, 1.54) is 12.1 Å². The molecule has 1 atom stereocenters. The van der Waals surface area contributed by atoms with Crippen LogP contribution in [0.25, 0.3) is 0 Å². The molecule has 2 heterocycles. The minimum atomic E-state index is -1.13. The largest absolute Gasteiger partial charge is 0.477 e. The lowest BCUT2D eigenvalue weighted by Gasteiger charge is -2.24. The molecule has 1 aromatic heterocycles. The highest BCUT2D eigenvalue weighted by Gasteiger charge is 2.31. The molecule has 7 nitrogen and oxygen atoms in total. The van der Waals surface area contributed by atoms with Crippen LogP contribution in [-0.2, 0) is 4.79 Å². The Morgan fingerprint density at radius 2 is 2.17 bits per heavy atom. The van der Waals surface area contributed by atoms with Crippen molar-refractivity contribution in [1.82, 2.24) is 4.98 Å². The third kappa shape index (κ3) is 2.06. The van der Waals surface area contributed by atoms with E-state index in [0.717, 1.165) is 6.42 Å². The van der Waals surface area contributed by atoms with E-state index in [-0.39, 0.29) is 5.69 Å². The number of nitrogen functional groups attached to an aromatic ring is 1. The minimum absolute atomic E-state index is 0.102. The number of rotatable bonds is 3. The van der Waals surface area contributed by atoms with Gasteiger partial charge in [-0.1, -0.05) is 0 Å². The van der Waals surface area contributed by atoms with Gasteiger partial charge in [0.25, 0.3) is 0 Å². The number of nitrogens with zero attached hydrogens (tertiary/aromatic N) is 2. The summed E-state index contributed by atoms with van der Waals surface area (Å²) in [6.07, 6.45) is 1.43. The number of pyridine rings is 1. The zero-order valence-electron chi connectivity index (χ0n) is 9.67. The molecule has 1 unspecified atom stereocenters. The van der Waals surface area contributed by atoms with E-state index < -0.39 is 17.9 Å². The van der Waals surface area contributed by atoms with Gasteiger partial charge >= 0.3 is 5.97 Å². The molecule has 1 saturated heterocycles. The molecule has 0 saturated carbocycles. The van der Waals surface area contributed by atoms with Crippen LogP contribution in [0.3, 0.4) is 0 Å². The Morgan fingerprint density at radius 3 is 2.78 bits per heavy atom. The summed E-state index contributed by atoms with van der Waals surface area (Å²) in [6, 6.07) is 2.34. The topological polar surface area (TPSA) is 123 Å². The van der Waals surface area contributed by atoms with Crippen LogP contribution in [0.4, 0.5) is 11.5 Å². The number of aromatic nitrogens is 1. The lowest BCUT2D eigenvalue weighted by Crippen LogP contribution is -2.41. The van der Waals surface area contributed by atoms with Gasteiger partial charge in [-0.25, -0.2) is 9.78 Å². The van der Waals surface area contributed by atoms with Crippen LogP contribution < -0.4 is 16.4 Å². The second-order valence-corrected chi connectivity index (χ2v) is 4.17. The van der Waals surface area contributed by atoms with Crippen LogP contribution in [0.1, 0.15) is 23.3 Å². The van der Waals surface area contributed by atoms with Gasteiger partial charge in [-0.05, 0) is 25.0 Å². The molecule has 5 N–H and O–H groups in total. The average molecular weight is 250 g/mol. The first-order valence-electron chi connectivity index (χ1n) is 5.56. The fraction of sp³-hybridized carbons (Fsp3) is 0.364. The summed E-state index contributed by atoms with van der Waals surface area (Å²) in [6.45, 7) is 0.591. The molecule has 18 heavy (non-hydrogen) atoms. The van der Waals surface area contributed by atoms with Gasteiger partial charge in [0, 0.05) is 6.54 Å². The Hall–Kier alpha value is -2.31. The lowest BCUT2D eigenvalue weighted by molar-refractivity contribution is -0.119. The van der Waals surface area contributed by atoms with Crippen molar-refractivity contribution < 1.29 is 14.7 Å². The molecule has 0 bridgehead atoms. The molecule has 0 radical (unpaired) electrons. The van der Waals surface area contributed by atoms with Gasteiger partial charge in [-0.3, -0.25) is 4.79 Å². The van der Waals surface area contributed by atoms with Crippen molar-refractivity contribution in [3.05, 3.63) is 17.8 Å². The number of carbonyl (C=O) groups excluding carboxylic acids is 1. The van der Waals surface area contributed by atoms with Crippen LogP contribution in [0.2, 0.25) is 0 Å². The number of hydrogen-bond donors (Lipinski definition) is 3. The highest BCUT2D eigenvalue weighted by molar-refractivity contribution is 5.88. The van der Waals surface area contributed by atoms with Crippen molar-refractivity contribution in [2.45, 2.75) is 18.9 Å². The molecule has 1 aliphatic rings.